The summed E-state index contributed by atoms with van der Waals surface area (Å²) in [6.45, 7) is 5.70. The van der Waals surface area contributed by atoms with Crippen LogP contribution in [0.4, 0.5) is 4.79 Å². The van der Waals surface area contributed by atoms with Crippen LogP contribution in [0.2, 0.25) is 0 Å². The quantitative estimate of drug-likeness (QED) is 0.725. The number of phenolic OH excluding ortho intramolecular Hbond substituents is 1. The first kappa shape index (κ1) is 20.5. The SMILES string of the molecule is CC(C)(C)OC[C@@H](NC(=O)OCc1ccccc1)C(=O)c1ccc(O)cc1. The van der Waals surface area contributed by atoms with Gasteiger partial charge in [0.15, 0.2) is 5.78 Å². The van der Waals surface area contributed by atoms with Gasteiger partial charge in [-0.25, -0.2) is 4.79 Å². The predicted octanol–water partition coefficient (Wildman–Crippen LogP) is 3.69. The van der Waals surface area contributed by atoms with Crippen LogP contribution in [-0.2, 0) is 16.1 Å². The molecule has 144 valence electrons. The number of hydrogen-bond acceptors (Lipinski definition) is 5. The van der Waals surface area contributed by atoms with Gasteiger partial charge < -0.3 is 19.9 Å². The van der Waals surface area contributed by atoms with Crippen molar-refractivity contribution in [2.45, 2.75) is 39.0 Å². The second-order valence-corrected chi connectivity index (χ2v) is 7.09. The Hall–Kier alpha value is -2.86. The molecule has 0 aromatic heterocycles. The van der Waals surface area contributed by atoms with E-state index in [0.717, 1.165) is 5.56 Å². The highest BCUT2D eigenvalue weighted by Crippen LogP contribution is 2.14. The molecule has 0 spiro atoms. The molecule has 0 unspecified atom stereocenters. The summed E-state index contributed by atoms with van der Waals surface area (Å²) < 4.78 is 10.9. The molecule has 0 aliphatic heterocycles. The number of ether oxygens (including phenoxy) is 2. The van der Waals surface area contributed by atoms with Crippen molar-refractivity contribution in [1.29, 1.82) is 0 Å². The third-order valence-corrected chi connectivity index (χ3v) is 3.66. The van der Waals surface area contributed by atoms with Gasteiger partial charge in [-0.3, -0.25) is 4.79 Å². The molecule has 2 rings (SSSR count). The normalized spacial score (nSPS) is 12.3. The lowest BCUT2D eigenvalue weighted by atomic mass is 10.0. The molecular formula is C21H25NO5. The van der Waals surface area contributed by atoms with Gasteiger partial charge in [-0.2, -0.15) is 0 Å². The third kappa shape index (κ3) is 7.11. The summed E-state index contributed by atoms with van der Waals surface area (Å²) in [5.74, 6) is -0.264. The van der Waals surface area contributed by atoms with Crippen LogP contribution in [0.15, 0.2) is 54.6 Å². The lowest BCUT2D eigenvalue weighted by molar-refractivity contribution is -0.0120. The summed E-state index contributed by atoms with van der Waals surface area (Å²) in [5.41, 5.74) is 0.738. The van der Waals surface area contributed by atoms with E-state index in [9.17, 15) is 14.7 Å². The number of hydrogen-bond donors (Lipinski definition) is 2. The van der Waals surface area contributed by atoms with Crippen molar-refractivity contribution in [2.75, 3.05) is 6.61 Å². The number of phenols is 1. The number of aromatic hydroxyl groups is 1. The highest BCUT2D eigenvalue weighted by Gasteiger charge is 2.25. The molecule has 0 bridgehead atoms. The van der Waals surface area contributed by atoms with Gasteiger partial charge in [0.1, 0.15) is 18.4 Å². The molecule has 2 aromatic rings. The molecule has 0 aliphatic carbocycles. The van der Waals surface area contributed by atoms with Gasteiger partial charge in [-0.15, -0.1) is 0 Å². The van der Waals surface area contributed by atoms with Gasteiger partial charge in [-0.1, -0.05) is 30.3 Å². The van der Waals surface area contributed by atoms with Crippen molar-refractivity contribution in [3.05, 3.63) is 65.7 Å². The molecule has 0 aliphatic rings. The van der Waals surface area contributed by atoms with Crippen LogP contribution < -0.4 is 5.32 Å². The second kappa shape index (κ2) is 9.19. The third-order valence-electron chi connectivity index (χ3n) is 3.66. The molecule has 0 radical (unpaired) electrons. The zero-order valence-corrected chi connectivity index (χ0v) is 15.8. The minimum Gasteiger partial charge on any atom is -0.508 e. The molecule has 6 heteroatoms. The molecule has 1 atom stereocenters. The summed E-state index contributed by atoms with van der Waals surface area (Å²) in [4.78, 5) is 24.9. The number of amides is 1. The maximum absolute atomic E-state index is 12.8. The molecule has 0 heterocycles. The van der Waals surface area contributed by atoms with Crippen LogP contribution in [0, 0.1) is 0 Å². The Labute approximate surface area is 159 Å². The second-order valence-electron chi connectivity index (χ2n) is 7.09. The van der Waals surface area contributed by atoms with Crippen molar-refractivity contribution in [3.8, 4) is 5.75 Å². The van der Waals surface area contributed by atoms with E-state index in [0.29, 0.717) is 5.56 Å². The first-order valence-electron chi connectivity index (χ1n) is 8.69. The number of Topliss-reactive ketones (excluding diaryl/α,β-unsaturated/α-hetero) is 1. The lowest BCUT2D eigenvalue weighted by Crippen LogP contribution is -2.45. The number of carbonyl (C=O) groups is 2. The van der Waals surface area contributed by atoms with Crippen LogP contribution in [0.5, 0.6) is 5.75 Å². The number of alkyl carbamates (subject to hydrolysis) is 1. The van der Waals surface area contributed by atoms with E-state index < -0.39 is 17.7 Å². The molecule has 1 amide bonds. The smallest absolute Gasteiger partial charge is 0.408 e. The molecule has 0 saturated heterocycles. The number of ketones is 1. The summed E-state index contributed by atoms with van der Waals surface area (Å²) in [6.07, 6.45) is -0.700. The monoisotopic (exact) mass is 371 g/mol. The number of benzene rings is 2. The van der Waals surface area contributed by atoms with Crippen LogP contribution in [-0.4, -0.2) is 35.2 Å². The van der Waals surface area contributed by atoms with E-state index in [2.05, 4.69) is 5.32 Å². The van der Waals surface area contributed by atoms with E-state index in [1.165, 1.54) is 24.3 Å². The fourth-order valence-corrected chi connectivity index (χ4v) is 2.25. The average molecular weight is 371 g/mol. The van der Waals surface area contributed by atoms with Crippen molar-refractivity contribution in [3.63, 3.8) is 0 Å². The van der Waals surface area contributed by atoms with Gasteiger partial charge in [-0.05, 0) is 50.6 Å². The van der Waals surface area contributed by atoms with E-state index in [4.69, 9.17) is 9.47 Å². The highest BCUT2D eigenvalue weighted by molar-refractivity contribution is 6.01. The van der Waals surface area contributed by atoms with E-state index in [1.54, 1.807) is 0 Å². The van der Waals surface area contributed by atoms with Crippen molar-refractivity contribution in [2.24, 2.45) is 0 Å². The predicted molar refractivity (Wildman–Crippen MR) is 102 cm³/mol. The van der Waals surface area contributed by atoms with Crippen LogP contribution in [0.1, 0.15) is 36.7 Å². The van der Waals surface area contributed by atoms with Crippen LogP contribution in [0.3, 0.4) is 0 Å². The number of nitrogens with one attached hydrogen (secondary N) is 1. The van der Waals surface area contributed by atoms with Gasteiger partial charge in [0.2, 0.25) is 0 Å². The maximum Gasteiger partial charge on any atom is 0.408 e. The van der Waals surface area contributed by atoms with Crippen molar-refractivity contribution in [1.82, 2.24) is 5.32 Å². The molecular weight excluding hydrogens is 346 g/mol. The Morgan fingerprint density at radius 2 is 1.67 bits per heavy atom. The zero-order chi connectivity index (χ0) is 19.9. The Kier molecular flexibility index (Phi) is 6.96. The van der Waals surface area contributed by atoms with Crippen LogP contribution in [0.25, 0.3) is 0 Å². The molecule has 6 nitrogen and oxygen atoms in total. The zero-order valence-electron chi connectivity index (χ0n) is 15.8. The minimum absolute atomic E-state index is 0.00362. The first-order valence-corrected chi connectivity index (χ1v) is 8.69. The number of carbonyl (C=O) groups excluding carboxylic acids is 2. The van der Waals surface area contributed by atoms with E-state index in [1.807, 2.05) is 51.1 Å². The maximum atomic E-state index is 12.8. The summed E-state index contributed by atoms with van der Waals surface area (Å²) in [6, 6.07) is 14.2. The highest BCUT2D eigenvalue weighted by atomic mass is 16.5. The van der Waals surface area contributed by atoms with E-state index >= 15 is 0 Å². The lowest BCUT2D eigenvalue weighted by Gasteiger charge is -2.24. The minimum atomic E-state index is -0.906. The Bertz CT molecular complexity index is 750. The Morgan fingerprint density at radius 1 is 1.04 bits per heavy atom. The van der Waals surface area contributed by atoms with Gasteiger partial charge in [0.25, 0.3) is 0 Å². The molecule has 27 heavy (non-hydrogen) atoms. The fourth-order valence-electron chi connectivity index (χ4n) is 2.25. The standard InChI is InChI=1S/C21H25NO5/c1-21(2,3)27-14-18(19(24)16-9-11-17(23)12-10-16)22-20(25)26-13-15-7-5-4-6-8-15/h4-12,18,23H,13-14H2,1-3H3,(H,22,25)/t18-/m1/s1. The molecule has 2 N–H and O–H groups in total. The van der Waals surface area contributed by atoms with Gasteiger partial charge in [0, 0.05) is 5.56 Å². The largest absolute Gasteiger partial charge is 0.508 e. The first-order chi connectivity index (χ1) is 12.7. The summed E-state index contributed by atoms with van der Waals surface area (Å²) >= 11 is 0. The van der Waals surface area contributed by atoms with E-state index in [-0.39, 0.29) is 24.7 Å². The van der Waals surface area contributed by atoms with Crippen LogP contribution >= 0.6 is 0 Å². The average Bonchev–Trinajstić information content (AvgIpc) is 2.63. The topological polar surface area (TPSA) is 84.9 Å². The molecule has 0 fully saturated rings. The fraction of sp³-hybridized carbons (Fsp3) is 0.333. The summed E-state index contributed by atoms with van der Waals surface area (Å²) in [7, 11) is 0. The Morgan fingerprint density at radius 3 is 2.26 bits per heavy atom. The molecule has 0 saturated carbocycles. The van der Waals surface area contributed by atoms with Gasteiger partial charge in [0.05, 0.1) is 12.2 Å². The summed E-state index contributed by atoms with van der Waals surface area (Å²) in [5, 5.41) is 12.0. The van der Waals surface area contributed by atoms with Crippen molar-refractivity contribution < 1.29 is 24.2 Å². The van der Waals surface area contributed by atoms with Gasteiger partial charge >= 0.3 is 6.09 Å². The van der Waals surface area contributed by atoms with Crippen molar-refractivity contribution >= 4 is 11.9 Å². The number of rotatable bonds is 7. The molecule has 2 aromatic carbocycles. The Balaban J connectivity index is 2.03.